The van der Waals surface area contributed by atoms with E-state index in [0.717, 1.165) is 24.0 Å². The van der Waals surface area contributed by atoms with Gasteiger partial charge in [0.25, 0.3) is 0 Å². The van der Waals surface area contributed by atoms with Gasteiger partial charge in [0.05, 0.1) is 6.54 Å². The Labute approximate surface area is 161 Å². The van der Waals surface area contributed by atoms with Gasteiger partial charge in [-0.2, -0.15) is 0 Å². The molecule has 0 aliphatic carbocycles. The molecule has 1 aromatic rings. The van der Waals surface area contributed by atoms with Gasteiger partial charge in [0, 0.05) is 24.5 Å². The van der Waals surface area contributed by atoms with E-state index in [-0.39, 0.29) is 41.0 Å². The molecule has 0 spiro atoms. The minimum atomic E-state index is -0.0148. The number of halogens is 1. The molecule has 1 aromatic carbocycles. The summed E-state index contributed by atoms with van der Waals surface area (Å²) in [5, 5.41) is 3.44. The van der Waals surface area contributed by atoms with E-state index in [1.165, 1.54) is 0 Å². The molecule has 1 unspecified atom stereocenters. The Morgan fingerprint density at radius 2 is 1.92 bits per heavy atom. The zero-order valence-corrected chi connectivity index (χ0v) is 17.5. The lowest BCUT2D eigenvalue weighted by Crippen LogP contribution is -2.72. The second-order valence-electron chi connectivity index (χ2n) is 7.45. The van der Waals surface area contributed by atoms with E-state index in [0.29, 0.717) is 13.2 Å². The lowest BCUT2D eigenvalue weighted by Gasteiger charge is -2.62. The third-order valence-electron chi connectivity index (χ3n) is 5.41. The molecule has 1 N–H and O–H groups in total. The monoisotopic (exact) mass is 445 g/mol. The fourth-order valence-corrected chi connectivity index (χ4v) is 3.06. The molecule has 1 atom stereocenters. The van der Waals surface area contributed by atoms with Crippen molar-refractivity contribution in [2.24, 2.45) is 10.4 Å². The van der Waals surface area contributed by atoms with Crippen LogP contribution in [0.5, 0.6) is 11.5 Å². The topological polar surface area (TPSA) is 46.1 Å². The highest BCUT2D eigenvalue weighted by atomic mass is 127. The normalized spacial score (nSPS) is 23.8. The smallest absolute Gasteiger partial charge is 0.194 e. The number of rotatable bonds is 2. The Hall–Kier alpha value is -1.18. The van der Waals surface area contributed by atoms with Crippen molar-refractivity contribution in [3.8, 4) is 11.5 Å². The number of likely N-dealkylation sites (tertiary alicyclic amines) is 1. The first-order valence-corrected chi connectivity index (χ1v) is 8.22. The van der Waals surface area contributed by atoms with Crippen molar-refractivity contribution < 1.29 is 9.47 Å². The van der Waals surface area contributed by atoms with Crippen LogP contribution in [0.2, 0.25) is 0 Å². The van der Waals surface area contributed by atoms with Gasteiger partial charge in [-0.25, -0.2) is 0 Å². The summed E-state index contributed by atoms with van der Waals surface area (Å²) < 4.78 is 11.7. The molecule has 2 aliphatic rings. The van der Waals surface area contributed by atoms with Gasteiger partial charge >= 0.3 is 0 Å². The van der Waals surface area contributed by atoms with Crippen molar-refractivity contribution in [3.05, 3.63) is 24.3 Å². The summed E-state index contributed by atoms with van der Waals surface area (Å²) in [6.45, 7) is 11.4. The fourth-order valence-electron chi connectivity index (χ4n) is 3.06. The maximum Gasteiger partial charge on any atom is 0.194 e. The summed E-state index contributed by atoms with van der Waals surface area (Å²) in [6, 6.07) is 7.79. The van der Waals surface area contributed by atoms with E-state index in [4.69, 9.17) is 9.47 Å². The second-order valence-corrected chi connectivity index (χ2v) is 7.45. The number of ether oxygens (including phenoxy) is 2. The molecule has 6 heteroatoms. The molecule has 5 nitrogen and oxygen atoms in total. The van der Waals surface area contributed by atoms with Gasteiger partial charge in [-0.1, -0.05) is 26.0 Å². The molecule has 3 rings (SSSR count). The molecule has 24 heavy (non-hydrogen) atoms. The van der Waals surface area contributed by atoms with Crippen molar-refractivity contribution >= 4 is 29.9 Å². The van der Waals surface area contributed by atoms with Crippen molar-refractivity contribution in [2.45, 2.75) is 39.3 Å². The van der Waals surface area contributed by atoms with Crippen LogP contribution in [0.1, 0.15) is 27.7 Å². The number of nitrogens with one attached hydrogen (secondary N) is 1. The van der Waals surface area contributed by atoms with Crippen LogP contribution in [0, 0.1) is 5.41 Å². The van der Waals surface area contributed by atoms with Crippen LogP contribution in [-0.2, 0) is 0 Å². The van der Waals surface area contributed by atoms with Gasteiger partial charge < -0.3 is 19.7 Å². The zero-order valence-electron chi connectivity index (χ0n) is 15.1. The number of aliphatic imine (C=N–C) groups is 1. The molecule has 0 aromatic heterocycles. The van der Waals surface area contributed by atoms with Crippen molar-refractivity contribution in [1.82, 2.24) is 10.2 Å². The van der Waals surface area contributed by atoms with Gasteiger partial charge in [-0.05, 0) is 26.0 Å². The first-order valence-electron chi connectivity index (χ1n) is 8.22. The molecule has 0 bridgehead atoms. The Bertz CT molecular complexity index is 616. The minimum Gasteiger partial charge on any atom is -0.486 e. The average Bonchev–Trinajstić information content (AvgIpc) is 2.54. The maximum atomic E-state index is 5.99. The third-order valence-corrected chi connectivity index (χ3v) is 5.41. The number of nitrogens with zero attached hydrogens (tertiary/aromatic N) is 2. The Morgan fingerprint density at radius 3 is 2.50 bits per heavy atom. The zero-order chi connectivity index (χ0) is 16.7. The number of hydrogen-bond donors (Lipinski definition) is 1. The number of fused-ring (bicyclic) bond motifs is 1. The lowest BCUT2D eigenvalue weighted by atomic mass is 9.65. The predicted octanol–water partition coefficient (Wildman–Crippen LogP) is 3.14. The van der Waals surface area contributed by atoms with Crippen molar-refractivity contribution in [3.63, 3.8) is 0 Å². The van der Waals surface area contributed by atoms with Crippen LogP contribution in [0.15, 0.2) is 29.3 Å². The molecular weight excluding hydrogens is 417 g/mol. The van der Waals surface area contributed by atoms with Gasteiger partial charge in [-0.3, -0.25) is 4.99 Å². The summed E-state index contributed by atoms with van der Waals surface area (Å²) in [5.74, 6) is 2.56. The lowest BCUT2D eigenvalue weighted by molar-refractivity contribution is -0.0671. The van der Waals surface area contributed by atoms with Crippen LogP contribution in [0.25, 0.3) is 0 Å². The molecule has 134 valence electrons. The highest BCUT2D eigenvalue weighted by molar-refractivity contribution is 14.0. The summed E-state index contributed by atoms with van der Waals surface area (Å²) >= 11 is 0. The summed E-state index contributed by atoms with van der Waals surface area (Å²) in [4.78, 5) is 6.76. The van der Waals surface area contributed by atoms with E-state index in [1.54, 1.807) is 0 Å². The highest BCUT2D eigenvalue weighted by Gasteiger charge is 2.53. The van der Waals surface area contributed by atoms with Gasteiger partial charge in [0.2, 0.25) is 0 Å². The first-order chi connectivity index (χ1) is 10.8. The van der Waals surface area contributed by atoms with E-state index in [1.807, 2.05) is 31.3 Å². The van der Waals surface area contributed by atoms with Gasteiger partial charge in [0.1, 0.15) is 12.7 Å². The summed E-state index contributed by atoms with van der Waals surface area (Å²) in [5.41, 5.74) is 0.374. The van der Waals surface area contributed by atoms with Gasteiger partial charge in [-0.15, -0.1) is 24.0 Å². The molecule has 1 fully saturated rings. The summed E-state index contributed by atoms with van der Waals surface area (Å²) in [7, 11) is 1.83. The quantitative estimate of drug-likeness (QED) is 0.432. The minimum absolute atomic E-state index is 0. The van der Waals surface area contributed by atoms with E-state index in [9.17, 15) is 0 Å². The van der Waals surface area contributed by atoms with E-state index < -0.39 is 0 Å². The number of benzene rings is 1. The largest absolute Gasteiger partial charge is 0.486 e. The third kappa shape index (κ3) is 3.30. The maximum absolute atomic E-state index is 5.99. The SMILES string of the molecule is CN=C(NCC1COc2ccccc2O1)N1CC(C)(C)C1(C)C.I. The average molecular weight is 445 g/mol. The fraction of sp³-hybridized carbons (Fsp3) is 0.611. The molecular formula is C18H28IN3O2. The predicted molar refractivity (Wildman–Crippen MR) is 108 cm³/mol. The van der Waals surface area contributed by atoms with E-state index in [2.05, 4.69) is 42.9 Å². The van der Waals surface area contributed by atoms with Crippen molar-refractivity contribution in [2.75, 3.05) is 26.7 Å². The van der Waals surface area contributed by atoms with Crippen LogP contribution in [0.4, 0.5) is 0 Å². The second kappa shape index (κ2) is 6.98. The first kappa shape index (κ1) is 19.1. The van der Waals surface area contributed by atoms with Crippen LogP contribution >= 0.6 is 24.0 Å². The van der Waals surface area contributed by atoms with Crippen LogP contribution < -0.4 is 14.8 Å². The van der Waals surface area contributed by atoms with Crippen LogP contribution in [0.3, 0.4) is 0 Å². The molecule has 2 aliphatic heterocycles. The molecule has 0 radical (unpaired) electrons. The number of para-hydroxylation sites is 2. The van der Waals surface area contributed by atoms with Gasteiger partial charge in [0.15, 0.2) is 17.5 Å². The summed E-state index contributed by atoms with van der Waals surface area (Å²) in [6.07, 6.45) is -0.0148. The number of hydrogen-bond acceptors (Lipinski definition) is 3. The number of guanidine groups is 1. The Morgan fingerprint density at radius 1 is 1.25 bits per heavy atom. The molecule has 1 saturated heterocycles. The Balaban J connectivity index is 0.00000208. The molecule has 0 amide bonds. The standard InChI is InChI=1S/C18H27N3O2.HI/c1-17(2)12-21(18(17,3)4)16(19-5)20-10-13-11-22-14-8-6-7-9-15(14)23-13;/h6-9,13H,10-12H2,1-5H3,(H,19,20);1H. The van der Waals surface area contributed by atoms with Crippen LogP contribution in [-0.4, -0.2) is 49.2 Å². The van der Waals surface area contributed by atoms with E-state index >= 15 is 0 Å². The highest BCUT2D eigenvalue weighted by Crippen LogP contribution is 2.46. The van der Waals surface area contributed by atoms with Crippen molar-refractivity contribution in [1.29, 1.82) is 0 Å². The molecule has 2 heterocycles. The Kier molecular flexibility index (Phi) is 5.57. The molecule has 0 saturated carbocycles.